The molecule has 0 saturated carbocycles. The van der Waals surface area contributed by atoms with E-state index in [9.17, 15) is 14.4 Å². The molecule has 2 atom stereocenters. The molecule has 1 fully saturated rings. The van der Waals surface area contributed by atoms with E-state index in [1.54, 1.807) is 0 Å². The minimum Gasteiger partial charge on any atom is -0.480 e. The van der Waals surface area contributed by atoms with Gasteiger partial charge in [0.2, 0.25) is 5.91 Å². The van der Waals surface area contributed by atoms with E-state index >= 15 is 0 Å². The number of carboxylic acids is 1. The number of amides is 3. The van der Waals surface area contributed by atoms with E-state index in [-0.39, 0.29) is 18.5 Å². The topological polar surface area (TPSA) is 128 Å². The van der Waals surface area contributed by atoms with Gasteiger partial charge in [-0.2, -0.15) is 0 Å². The summed E-state index contributed by atoms with van der Waals surface area (Å²) < 4.78 is 0. The van der Waals surface area contributed by atoms with Crippen molar-refractivity contribution >= 4 is 17.9 Å². The first-order valence-electron chi connectivity index (χ1n) is 5.20. The van der Waals surface area contributed by atoms with Crippen molar-refractivity contribution in [2.24, 2.45) is 0 Å². The van der Waals surface area contributed by atoms with E-state index < -0.39 is 24.6 Å². The first-order chi connectivity index (χ1) is 8.02. The first kappa shape index (κ1) is 13.2. The summed E-state index contributed by atoms with van der Waals surface area (Å²) in [4.78, 5) is 32.6. The van der Waals surface area contributed by atoms with Gasteiger partial charge >= 0.3 is 12.0 Å². The van der Waals surface area contributed by atoms with Crippen molar-refractivity contribution in [3.63, 3.8) is 0 Å². The van der Waals surface area contributed by atoms with Crippen molar-refractivity contribution < 1.29 is 24.6 Å². The van der Waals surface area contributed by atoms with Crippen molar-refractivity contribution in [2.45, 2.75) is 24.9 Å². The van der Waals surface area contributed by atoms with Crippen molar-refractivity contribution in [1.29, 1.82) is 0 Å². The molecule has 1 aliphatic heterocycles. The average Bonchev–Trinajstić information content (AvgIpc) is 2.68. The molecule has 8 nitrogen and oxygen atoms in total. The number of aliphatic hydroxyl groups is 1. The van der Waals surface area contributed by atoms with Gasteiger partial charge < -0.3 is 26.2 Å². The lowest BCUT2D eigenvalue weighted by Gasteiger charge is -2.15. The Morgan fingerprint density at radius 1 is 1.53 bits per heavy atom. The SMILES string of the molecule is O=C1CCC(CNC(=O)NC(CO)C(=O)O)N1. The quantitative estimate of drug-likeness (QED) is 0.383. The van der Waals surface area contributed by atoms with E-state index in [4.69, 9.17) is 10.2 Å². The normalized spacial score (nSPS) is 20.5. The van der Waals surface area contributed by atoms with Crippen molar-refractivity contribution in [3.05, 3.63) is 0 Å². The van der Waals surface area contributed by atoms with Gasteiger partial charge in [-0.25, -0.2) is 9.59 Å². The van der Waals surface area contributed by atoms with Crippen LogP contribution < -0.4 is 16.0 Å². The molecule has 0 bridgehead atoms. The van der Waals surface area contributed by atoms with E-state index in [1.807, 2.05) is 0 Å². The molecule has 17 heavy (non-hydrogen) atoms. The number of carbonyl (C=O) groups is 3. The highest BCUT2D eigenvalue weighted by molar-refractivity contribution is 5.82. The summed E-state index contributed by atoms with van der Waals surface area (Å²) >= 11 is 0. The third-order valence-corrected chi connectivity index (χ3v) is 2.38. The van der Waals surface area contributed by atoms with Gasteiger partial charge in [0.25, 0.3) is 0 Å². The van der Waals surface area contributed by atoms with Crippen LogP contribution in [0.1, 0.15) is 12.8 Å². The molecule has 0 spiro atoms. The van der Waals surface area contributed by atoms with Crippen LogP contribution in [0.5, 0.6) is 0 Å². The zero-order valence-corrected chi connectivity index (χ0v) is 9.10. The lowest BCUT2D eigenvalue weighted by atomic mass is 10.2. The third-order valence-electron chi connectivity index (χ3n) is 2.38. The number of nitrogens with one attached hydrogen (secondary N) is 3. The molecule has 96 valence electrons. The Morgan fingerprint density at radius 2 is 2.24 bits per heavy atom. The highest BCUT2D eigenvalue weighted by Gasteiger charge is 2.22. The molecular formula is C9H15N3O5. The molecule has 0 aromatic heterocycles. The minimum absolute atomic E-state index is 0.0593. The molecule has 0 aromatic carbocycles. The van der Waals surface area contributed by atoms with Gasteiger partial charge in [0.1, 0.15) is 0 Å². The van der Waals surface area contributed by atoms with Gasteiger partial charge in [-0.05, 0) is 6.42 Å². The van der Waals surface area contributed by atoms with Crippen LogP contribution >= 0.6 is 0 Å². The maximum Gasteiger partial charge on any atom is 0.328 e. The average molecular weight is 245 g/mol. The molecule has 1 heterocycles. The van der Waals surface area contributed by atoms with Gasteiger partial charge in [0, 0.05) is 19.0 Å². The first-order valence-corrected chi connectivity index (χ1v) is 5.20. The fourth-order valence-electron chi connectivity index (χ4n) is 1.44. The highest BCUT2D eigenvalue weighted by Crippen LogP contribution is 2.04. The number of aliphatic carboxylic acids is 1. The monoisotopic (exact) mass is 245 g/mol. The van der Waals surface area contributed by atoms with Gasteiger partial charge in [0.15, 0.2) is 6.04 Å². The number of urea groups is 1. The highest BCUT2D eigenvalue weighted by atomic mass is 16.4. The Bertz CT molecular complexity index is 320. The fraction of sp³-hybridized carbons (Fsp3) is 0.667. The van der Waals surface area contributed by atoms with E-state index in [0.29, 0.717) is 12.8 Å². The molecule has 8 heteroatoms. The van der Waals surface area contributed by atoms with Crippen LogP contribution in [0.2, 0.25) is 0 Å². The third kappa shape index (κ3) is 4.27. The Labute approximate surface area is 97.4 Å². The van der Waals surface area contributed by atoms with Gasteiger partial charge in [-0.3, -0.25) is 4.79 Å². The van der Waals surface area contributed by atoms with Crippen molar-refractivity contribution in [1.82, 2.24) is 16.0 Å². The maximum atomic E-state index is 11.2. The largest absolute Gasteiger partial charge is 0.480 e. The van der Waals surface area contributed by atoms with Crippen LogP contribution in [0.25, 0.3) is 0 Å². The van der Waals surface area contributed by atoms with Crippen LogP contribution in [0.3, 0.4) is 0 Å². The van der Waals surface area contributed by atoms with E-state index in [1.165, 1.54) is 0 Å². The number of carboxylic acid groups (broad SMARTS) is 1. The van der Waals surface area contributed by atoms with Crippen molar-refractivity contribution in [2.75, 3.05) is 13.2 Å². The second-order valence-electron chi connectivity index (χ2n) is 3.73. The van der Waals surface area contributed by atoms with Crippen LogP contribution in [0, 0.1) is 0 Å². The van der Waals surface area contributed by atoms with Crippen LogP contribution in [0.15, 0.2) is 0 Å². The molecule has 0 radical (unpaired) electrons. The standard InChI is InChI=1S/C9H15N3O5/c13-4-6(8(15)16)12-9(17)10-3-5-1-2-7(14)11-5/h5-6,13H,1-4H2,(H,11,14)(H,15,16)(H2,10,12,17). The number of hydrogen-bond donors (Lipinski definition) is 5. The summed E-state index contributed by atoms with van der Waals surface area (Å²) in [5.41, 5.74) is 0. The lowest BCUT2D eigenvalue weighted by Crippen LogP contribution is -2.50. The van der Waals surface area contributed by atoms with Gasteiger partial charge in [-0.15, -0.1) is 0 Å². The molecule has 3 amide bonds. The fourth-order valence-corrected chi connectivity index (χ4v) is 1.44. The summed E-state index contributed by atoms with van der Waals surface area (Å²) in [7, 11) is 0. The molecule has 1 rings (SSSR count). The number of hydrogen-bond acceptors (Lipinski definition) is 4. The molecular weight excluding hydrogens is 230 g/mol. The second kappa shape index (κ2) is 6.04. The van der Waals surface area contributed by atoms with Crippen LogP contribution in [-0.4, -0.2) is 53.4 Å². The summed E-state index contributed by atoms with van der Waals surface area (Å²) in [5, 5.41) is 24.4. The van der Waals surface area contributed by atoms with Crippen LogP contribution in [0.4, 0.5) is 4.79 Å². The smallest absolute Gasteiger partial charge is 0.328 e. The Hall–Kier alpha value is -1.83. The predicted octanol–water partition coefficient (Wildman–Crippen LogP) is -1.99. The summed E-state index contributed by atoms with van der Waals surface area (Å²) in [6, 6.07) is -2.13. The molecule has 1 aliphatic rings. The number of rotatable bonds is 5. The Balaban J connectivity index is 2.25. The Morgan fingerprint density at radius 3 is 2.71 bits per heavy atom. The Kier molecular flexibility index (Phi) is 4.70. The summed E-state index contributed by atoms with van der Waals surface area (Å²) in [6.45, 7) is -0.446. The molecule has 1 saturated heterocycles. The molecule has 0 aliphatic carbocycles. The van der Waals surface area contributed by atoms with E-state index in [2.05, 4.69) is 16.0 Å². The number of aliphatic hydroxyl groups excluding tert-OH is 1. The molecule has 5 N–H and O–H groups in total. The second-order valence-corrected chi connectivity index (χ2v) is 3.73. The van der Waals surface area contributed by atoms with Crippen molar-refractivity contribution in [3.8, 4) is 0 Å². The van der Waals surface area contributed by atoms with Gasteiger partial charge in [0.05, 0.1) is 6.61 Å². The molecule has 0 aromatic rings. The van der Waals surface area contributed by atoms with Gasteiger partial charge in [-0.1, -0.05) is 0 Å². The van der Waals surface area contributed by atoms with E-state index in [0.717, 1.165) is 0 Å². The lowest BCUT2D eigenvalue weighted by molar-refractivity contribution is -0.140. The zero-order chi connectivity index (χ0) is 12.8. The zero-order valence-electron chi connectivity index (χ0n) is 9.10. The summed E-state index contributed by atoms with van der Waals surface area (Å²) in [6.07, 6.45) is 1.07. The predicted molar refractivity (Wildman–Crippen MR) is 56.2 cm³/mol. The summed E-state index contributed by atoms with van der Waals surface area (Å²) in [5.74, 6) is -1.37. The maximum absolute atomic E-state index is 11.2. The number of carbonyl (C=O) groups excluding carboxylic acids is 2. The van der Waals surface area contributed by atoms with Crippen LogP contribution in [-0.2, 0) is 9.59 Å². The minimum atomic E-state index is -1.33. The molecule has 2 unspecified atom stereocenters.